The van der Waals surface area contributed by atoms with Crippen LogP contribution in [0.4, 0.5) is 5.13 Å². The molecule has 1 aromatic carbocycles. The first kappa shape index (κ1) is 21.4. The van der Waals surface area contributed by atoms with Crippen molar-refractivity contribution in [1.29, 1.82) is 0 Å². The number of aromatic nitrogens is 1. The number of hydrogen-bond donors (Lipinski definition) is 1. The van der Waals surface area contributed by atoms with E-state index < -0.39 is 23.5 Å². The van der Waals surface area contributed by atoms with E-state index in [1.54, 1.807) is 41.9 Å². The van der Waals surface area contributed by atoms with Crippen LogP contribution in [0.1, 0.15) is 29.1 Å². The number of anilines is 1. The van der Waals surface area contributed by atoms with E-state index in [0.29, 0.717) is 28.8 Å². The van der Waals surface area contributed by atoms with Crippen molar-refractivity contribution in [3.63, 3.8) is 0 Å². The van der Waals surface area contributed by atoms with Gasteiger partial charge < -0.3 is 19.0 Å². The number of hydrogen-bond acceptors (Lipinski definition) is 8. The predicted molar refractivity (Wildman–Crippen MR) is 118 cm³/mol. The first-order chi connectivity index (χ1) is 15.6. The Balaban J connectivity index is 1.85. The molecule has 4 rings (SSSR count). The molecule has 1 atom stereocenters. The van der Waals surface area contributed by atoms with Crippen molar-refractivity contribution in [2.24, 2.45) is 0 Å². The summed E-state index contributed by atoms with van der Waals surface area (Å²) < 4.78 is 16.6. The molecule has 0 radical (unpaired) electrons. The van der Waals surface area contributed by atoms with Crippen LogP contribution in [0.2, 0.25) is 0 Å². The minimum Gasteiger partial charge on any atom is -0.503 e. The molecule has 2 aromatic heterocycles. The molecular formula is C23H20N2O6S. The van der Waals surface area contributed by atoms with Gasteiger partial charge in [-0.2, -0.15) is 0 Å². The van der Waals surface area contributed by atoms with Crippen molar-refractivity contribution in [2.75, 3.05) is 18.1 Å². The number of aliphatic hydroxyl groups excluding tert-OH is 1. The van der Waals surface area contributed by atoms with Crippen LogP contribution in [0.15, 0.2) is 76.6 Å². The number of thiazole rings is 1. The number of carbonyl (C=O) groups is 2. The summed E-state index contributed by atoms with van der Waals surface area (Å²) in [5, 5.41) is 12.8. The zero-order valence-corrected chi connectivity index (χ0v) is 18.0. The molecule has 0 saturated heterocycles. The predicted octanol–water partition coefficient (Wildman–Crippen LogP) is 4.48. The van der Waals surface area contributed by atoms with Crippen LogP contribution in [-0.4, -0.2) is 35.0 Å². The molecule has 8 nitrogen and oxygen atoms in total. The summed E-state index contributed by atoms with van der Waals surface area (Å²) in [5.41, 5.74) is 0.448. The van der Waals surface area contributed by atoms with Crippen molar-refractivity contribution < 1.29 is 28.6 Å². The fourth-order valence-corrected chi connectivity index (χ4v) is 4.12. The Bertz CT molecular complexity index is 1170. The maximum atomic E-state index is 13.2. The van der Waals surface area contributed by atoms with Gasteiger partial charge in [-0.25, -0.2) is 4.98 Å². The molecule has 9 heteroatoms. The zero-order chi connectivity index (χ0) is 22.7. The Kier molecular flexibility index (Phi) is 6.09. The normalized spacial score (nSPS) is 15.8. The maximum absolute atomic E-state index is 13.2. The number of amides is 1. The molecule has 1 N–H and O–H groups in total. The van der Waals surface area contributed by atoms with Gasteiger partial charge in [-0.15, -0.1) is 11.3 Å². The molecule has 0 spiro atoms. The lowest BCUT2D eigenvalue weighted by Gasteiger charge is -2.25. The fraction of sp³-hybridized carbons (Fsp3) is 0.174. The van der Waals surface area contributed by atoms with Crippen molar-refractivity contribution in [1.82, 2.24) is 4.98 Å². The highest BCUT2D eigenvalue weighted by atomic mass is 32.1. The Morgan fingerprint density at radius 2 is 2.19 bits per heavy atom. The van der Waals surface area contributed by atoms with Crippen LogP contribution in [-0.2, 0) is 4.79 Å². The van der Waals surface area contributed by atoms with Crippen LogP contribution >= 0.6 is 11.3 Å². The SMILES string of the molecule is C=CCOc1ccc(C2C(C(=O)c3ccco3)=C(O)C(=O)N2c2nccs2)cc1OCC. The molecule has 1 aliphatic rings. The molecule has 164 valence electrons. The van der Waals surface area contributed by atoms with E-state index in [1.165, 1.54) is 28.6 Å². The Morgan fingerprint density at radius 3 is 2.84 bits per heavy atom. The Morgan fingerprint density at radius 1 is 1.34 bits per heavy atom. The van der Waals surface area contributed by atoms with Gasteiger partial charge in [0.25, 0.3) is 5.91 Å². The van der Waals surface area contributed by atoms with Gasteiger partial charge in [0.05, 0.1) is 24.5 Å². The molecule has 0 saturated carbocycles. The van der Waals surface area contributed by atoms with Gasteiger partial charge in [0, 0.05) is 11.6 Å². The minimum atomic E-state index is -0.932. The first-order valence-electron chi connectivity index (χ1n) is 9.81. The third kappa shape index (κ3) is 3.78. The molecule has 1 unspecified atom stereocenters. The largest absolute Gasteiger partial charge is 0.503 e. The molecule has 0 aliphatic carbocycles. The summed E-state index contributed by atoms with van der Waals surface area (Å²) in [6.07, 6.45) is 4.52. The Labute approximate surface area is 188 Å². The number of furan rings is 1. The highest BCUT2D eigenvalue weighted by Crippen LogP contribution is 2.44. The van der Waals surface area contributed by atoms with Gasteiger partial charge in [-0.05, 0) is 36.8 Å². The Hall–Kier alpha value is -3.85. The second kappa shape index (κ2) is 9.11. The summed E-state index contributed by atoms with van der Waals surface area (Å²) in [6, 6.07) is 7.21. The molecule has 3 aromatic rings. The third-order valence-corrected chi connectivity index (χ3v) is 5.53. The van der Waals surface area contributed by atoms with Crippen molar-refractivity contribution in [2.45, 2.75) is 13.0 Å². The number of ketones is 1. The van der Waals surface area contributed by atoms with Gasteiger partial charge in [0.15, 0.2) is 28.1 Å². The van der Waals surface area contributed by atoms with E-state index in [0.717, 1.165) is 0 Å². The molecule has 0 fully saturated rings. The number of benzene rings is 1. The zero-order valence-electron chi connectivity index (χ0n) is 17.2. The first-order valence-corrected chi connectivity index (χ1v) is 10.7. The van der Waals surface area contributed by atoms with Gasteiger partial charge in [0.1, 0.15) is 6.61 Å². The molecule has 3 heterocycles. The van der Waals surface area contributed by atoms with E-state index >= 15 is 0 Å². The number of ether oxygens (including phenoxy) is 2. The van der Waals surface area contributed by atoms with Crippen LogP contribution < -0.4 is 14.4 Å². The van der Waals surface area contributed by atoms with E-state index in [1.807, 2.05) is 6.92 Å². The molecular weight excluding hydrogens is 432 g/mol. The summed E-state index contributed by atoms with van der Waals surface area (Å²) in [4.78, 5) is 31.7. The molecule has 0 bridgehead atoms. The van der Waals surface area contributed by atoms with E-state index in [2.05, 4.69) is 11.6 Å². The number of aliphatic hydroxyl groups is 1. The summed E-state index contributed by atoms with van der Waals surface area (Å²) >= 11 is 1.22. The topological polar surface area (TPSA) is 102 Å². The van der Waals surface area contributed by atoms with Gasteiger partial charge in [-0.1, -0.05) is 18.7 Å². The number of rotatable bonds is 9. The third-order valence-electron chi connectivity index (χ3n) is 4.76. The summed E-state index contributed by atoms with van der Waals surface area (Å²) in [5.74, 6) is -1.00. The standard InChI is InChI=1S/C23H20N2O6S/c1-3-10-30-15-8-7-14(13-17(15)29-4-2)19-18(20(26)16-6-5-11-31-16)21(27)22(28)25(19)23-24-9-12-32-23/h3,5-9,11-13,19,27H,1,4,10H2,2H3. The van der Waals surface area contributed by atoms with Gasteiger partial charge in [0.2, 0.25) is 5.78 Å². The fourth-order valence-electron chi connectivity index (χ4n) is 3.46. The maximum Gasteiger partial charge on any atom is 0.296 e. The summed E-state index contributed by atoms with van der Waals surface area (Å²) in [7, 11) is 0. The highest BCUT2D eigenvalue weighted by molar-refractivity contribution is 7.13. The smallest absolute Gasteiger partial charge is 0.296 e. The monoisotopic (exact) mass is 452 g/mol. The number of Topliss-reactive ketones (excluding diaryl/α,β-unsaturated/α-hetero) is 1. The van der Waals surface area contributed by atoms with Crippen molar-refractivity contribution in [3.8, 4) is 11.5 Å². The van der Waals surface area contributed by atoms with Crippen LogP contribution in [0, 0.1) is 0 Å². The van der Waals surface area contributed by atoms with Crippen LogP contribution in [0.5, 0.6) is 11.5 Å². The quantitative estimate of drug-likeness (QED) is 0.377. The summed E-state index contributed by atoms with van der Waals surface area (Å²) in [6.45, 7) is 6.15. The number of nitrogens with zero attached hydrogens (tertiary/aromatic N) is 2. The van der Waals surface area contributed by atoms with E-state index in [9.17, 15) is 14.7 Å². The molecule has 1 amide bonds. The van der Waals surface area contributed by atoms with Gasteiger partial charge in [-0.3, -0.25) is 14.5 Å². The molecule has 32 heavy (non-hydrogen) atoms. The van der Waals surface area contributed by atoms with Crippen molar-refractivity contribution >= 4 is 28.2 Å². The average molecular weight is 452 g/mol. The lowest BCUT2D eigenvalue weighted by atomic mass is 9.95. The van der Waals surface area contributed by atoms with Gasteiger partial charge >= 0.3 is 0 Å². The minimum absolute atomic E-state index is 0.0151. The second-order valence-electron chi connectivity index (χ2n) is 6.70. The molecule has 1 aliphatic heterocycles. The van der Waals surface area contributed by atoms with E-state index in [4.69, 9.17) is 13.9 Å². The van der Waals surface area contributed by atoms with Crippen LogP contribution in [0.25, 0.3) is 0 Å². The second-order valence-corrected chi connectivity index (χ2v) is 7.57. The van der Waals surface area contributed by atoms with Crippen LogP contribution in [0.3, 0.4) is 0 Å². The van der Waals surface area contributed by atoms with Crippen molar-refractivity contribution in [3.05, 3.63) is 83.5 Å². The highest BCUT2D eigenvalue weighted by Gasteiger charge is 2.46. The lowest BCUT2D eigenvalue weighted by molar-refractivity contribution is -0.117. The van der Waals surface area contributed by atoms with E-state index in [-0.39, 0.29) is 17.9 Å². The number of carbonyl (C=O) groups excluding carboxylic acids is 2. The lowest BCUT2D eigenvalue weighted by Crippen LogP contribution is -2.31. The average Bonchev–Trinajstić information content (AvgIpc) is 3.55.